The monoisotopic (exact) mass is 718 g/mol. The van der Waals surface area contributed by atoms with Gasteiger partial charge in [-0.05, 0) is 63.7 Å². The minimum Gasteiger partial charge on any atom is -0.465 e. The van der Waals surface area contributed by atoms with Gasteiger partial charge in [0.25, 0.3) is 5.79 Å². The first kappa shape index (κ1) is 25.2. The third-order valence-electron chi connectivity index (χ3n) is 5.67. The second kappa shape index (κ2) is 8.63. The van der Waals surface area contributed by atoms with Crippen LogP contribution < -0.4 is 4.74 Å². The van der Waals surface area contributed by atoms with Crippen molar-refractivity contribution in [2.24, 2.45) is 5.92 Å². The Bertz CT molecular complexity index is 1120. The summed E-state index contributed by atoms with van der Waals surface area (Å²) in [7, 11) is -5.95. The predicted molar refractivity (Wildman–Crippen MR) is 119 cm³/mol. The molecule has 2 bridgehead atoms. The van der Waals surface area contributed by atoms with E-state index < -0.39 is 70.4 Å². The van der Waals surface area contributed by atoms with E-state index in [1.807, 2.05) is 22.6 Å². The first-order valence-electron chi connectivity index (χ1n) is 9.48. The molecule has 1 aromatic rings. The summed E-state index contributed by atoms with van der Waals surface area (Å²) >= 11 is 4.09. The van der Waals surface area contributed by atoms with Crippen LogP contribution in [-0.2, 0) is 29.1 Å². The summed E-state index contributed by atoms with van der Waals surface area (Å²) in [5.41, 5.74) is 0.300. The SMILES string of the molecule is O=C1OC2(CC3OC2CC3C(=O)OCCC(F)C(F)(F)S(=O)(=O)O)Oc2ccc(I)c(I)c21. The van der Waals surface area contributed by atoms with Crippen molar-refractivity contribution in [1.82, 2.24) is 0 Å². The van der Waals surface area contributed by atoms with Crippen molar-refractivity contribution in [2.75, 3.05) is 6.61 Å². The molecule has 5 atom stereocenters. The van der Waals surface area contributed by atoms with Crippen molar-refractivity contribution in [2.45, 2.75) is 48.7 Å². The van der Waals surface area contributed by atoms with E-state index >= 15 is 0 Å². The van der Waals surface area contributed by atoms with Crippen molar-refractivity contribution in [1.29, 1.82) is 0 Å². The van der Waals surface area contributed by atoms with Crippen molar-refractivity contribution in [3.8, 4) is 5.75 Å². The summed E-state index contributed by atoms with van der Waals surface area (Å²) in [5, 5.41) is -5.02. The van der Waals surface area contributed by atoms with E-state index in [1.54, 1.807) is 12.1 Å². The average molecular weight is 718 g/mol. The zero-order chi connectivity index (χ0) is 24.3. The molecule has 4 rings (SSSR count). The number of hydrogen-bond acceptors (Lipinski definition) is 8. The maximum absolute atomic E-state index is 13.5. The number of carbonyl (C=O) groups is 2. The van der Waals surface area contributed by atoms with E-state index in [9.17, 15) is 31.2 Å². The summed E-state index contributed by atoms with van der Waals surface area (Å²) in [6, 6.07) is 3.43. The second-order valence-electron chi connectivity index (χ2n) is 7.71. The summed E-state index contributed by atoms with van der Waals surface area (Å²) in [4.78, 5) is 25.0. The highest BCUT2D eigenvalue weighted by molar-refractivity contribution is 14.1. The maximum atomic E-state index is 13.5. The molecule has 0 amide bonds. The molecule has 2 saturated heterocycles. The lowest BCUT2D eigenvalue weighted by atomic mass is 9.84. The molecule has 1 N–H and O–H groups in total. The van der Waals surface area contributed by atoms with E-state index in [4.69, 9.17) is 23.5 Å². The Morgan fingerprint density at radius 3 is 2.64 bits per heavy atom. The third-order valence-corrected chi connectivity index (χ3v) is 9.66. The van der Waals surface area contributed by atoms with Crippen molar-refractivity contribution in [3.05, 3.63) is 24.8 Å². The molecule has 15 heteroatoms. The molecule has 182 valence electrons. The molecule has 0 aliphatic carbocycles. The first-order chi connectivity index (χ1) is 15.3. The third kappa shape index (κ3) is 4.31. The van der Waals surface area contributed by atoms with Crippen LogP contribution in [0.1, 0.15) is 29.6 Å². The Hall–Kier alpha value is -0.920. The number of rotatable bonds is 6. The van der Waals surface area contributed by atoms with Gasteiger partial charge < -0.3 is 18.9 Å². The lowest BCUT2D eigenvalue weighted by Gasteiger charge is -2.39. The fraction of sp³-hybridized carbons (Fsp3) is 0.556. The van der Waals surface area contributed by atoms with Gasteiger partial charge in [0.2, 0.25) is 0 Å². The molecule has 3 aliphatic rings. The number of ether oxygens (including phenoxy) is 4. The fourth-order valence-electron chi connectivity index (χ4n) is 4.01. The molecule has 3 aliphatic heterocycles. The largest absolute Gasteiger partial charge is 0.465 e. The molecule has 0 saturated carbocycles. The molecule has 33 heavy (non-hydrogen) atoms. The lowest BCUT2D eigenvalue weighted by molar-refractivity contribution is -0.186. The smallest absolute Gasteiger partial charge is 0.400 e. The van der Waals surface area contributed by atoms with E-state index in [0.29, 0.717) is 14.9 Å². The van der Waals surface area contributed by atoms with Gasteiger partial charge in [-0.1, -0.05) is 0 Å². The molecule has 0 aromatic heterocycles. The molecule has 3 heterocycles. The van der Waals surface area contributed by atoms with Gasteiger partial charge in [0.05, 0.1) is 25.0 Å². The zero-order valence-corrected chi connectivity index (χ0v) is 21.4. The van der Waals surface area contributed by atoms with E-state index in [1.165, 1.54) is 0 Å². The van der Waals surface area contributed by atoms with Crippen LogP contribution in [0, 0.1) is 13.1 Å². The van der Waals surface area contributed by atoms with Gasteiger partial charge in [0.15, 0.2) is 6.17 Å². The summed E-state index contributed by atoms with van der Waals surface area (Å²) in [6.07, 6.45) is -5.86. The highest BCUT2D eigenvalue weighted by Crippen LogP contribution is 2.51. The van der Waals surface area contributed by atoms with Crippen molar-refractivity contribution >= 4 is 67.2 Å². The highest BCUT2D eigenvalue weighted by Gasteiger charge is 2.65. The van der Waals surface area contributed by atoms with E-state index in [2.05, 4.69) is 22.6 Å². The van der Waals surface area contributed by atoms with E-state index in [0.717, 1.165) is 3.57 Å². The maximum Gasteiger partial charge on any atom is 0.400 e. The molecule has 9 nitrogen and oxygen atoms in total. The quantitative estimate of drug-likeness (QED) is 0.269. The number of benzene rings is 1. The van der Waals surface area contributed by atoms with Crippen LogP contribution in [0.2, 0.25) is 0 Å². The number of esters is 2. The van der Waals surface area contributed by atoms with E-state index in [-0.39, 0.29) is 12.8 Å². The van der Waals surface area contributed by atoms with Gasteiger partial charge in [0.1, 0.15) is 17.4 Å². The van der Waals surface area contributed by atoms with Gasteiger partial charge in [-0.25, -0.2) is 9.18 Å². The minimum absolute atomic E-state index is 0.0255. The number of hydrogen-bond donors (Lipinski definition) is 1. The number of halogens is 5. The number of alkyl halides is 3. The Balaban J connectivity index is 1.37. The molecule has 1 aromatic carbocycles. The molecular formula is C18H15F3I2O9S. The van der Waals surface area contributed by atoms with Gasteiger partial charge in [-0.15, -0.1) is 0 Å². The number of carbonyl (C=O) groups excluding carboxylic acids is 2. The van der Waals surface area contributed by atoms with Crippen LogP contribution in [0.5, 0.6) is 5.75 Å². The van der Waals surface area contributed by atoms with Crippen LogP contribution in [0.3, 0.4) is 0 Å². The standard InChI is InChI=1S/C18H15F3I2O9S/c19-11(18(20,21)33(26,27)28)3-4-29-15(24)7-5-12-17(6-10(7)30-12)31-9-2-1-8(22)14(23)13(9)16(25)32-17/h1-2,7,10-12H,3-6H2,(H,26,27,28). The lowest BCUT2D eigenvalue weighted by Crippen LogP contribution is -2.53. The topological polar surface area (TPSA) is 125 Å². The van der Waals surface area contributed by atoms with Crippen LogP contribution >= 0.6 is 45.2 Å². The van der Waals surface area contributed by atoms with Gasteiger partial charge in [0, 0.05) is 13.6 Å². The van der Waals surface area contributed by atoms with Gasteiger partial charge >= 0.3 is 27.3 Å². The molecule has 5 unspecified atom stereocenters. The Kier molecular flexibility index (Phi) is 6.59. The molecule has 2 fully saturated rings. The van der Waals surface area contributed by atoms with Gasteiger partial charge in [-0.3, -0.25) is 9.35 Å². The zero-order valence-electron chi connectivity index (χ0n) is 16.3. The minimum atomic E-state index is -5.95. The van der Waals surface area contributed by atoms with Crippen LogP contribution in [0.25, 0.3) is 0 Å². The Morgan fingerprint density at radius 2 is 2.03 bits per heavy atom. The summed E-state index contributed by atoms with van der Waals surface area (Å²) in [5.74, 6) is -3.35. The fourth-order valence-corrected chi connectivity index (χ4v) is 5.57. The molecular weight excluding hydrogens is 703 g/mol. The Morgan fingerprint density at radius 1 is 1.33 bits per heavy atom. The van der Waals surface area contributed by atoms with Crippen LogP contribution in [0.4, 0.5) is 13.2 Å². The average Bonchev–Trinajstić information content (AvgIpc) is 3.27. The predicted octanol–water partition coefficient (Wildman–Crippen LogP) is 3.07. The highest BCUT2D eigenvalue weighted by atomic mass is 127. The van der Waals surface area contributed by atoms with Crippen molar-refractivity contribution in [3.63, 3.8) is 0 Å². The van der Waals surface area contributed by atoms with Crippen LogP contribution in [0.15, 0.2) is 12.1 Å². The normalized spacial score (nSPS) is 29.4. The number of fused-ring (bicyclic) bond motifs is 4. The van der Waals surface area contributed by atoms with Crippen molar-refractivity contribution < 1.29 is 54.7 Å². The second-order valence-corrected chi connectivity index (χ2v) is 11.4. The Labute approximate surface area is 212 Å². The summed E-state index contributed by atoms with van der Waals surface area (Å²) < 4.78 is 93.2. The molecule has 1 spiro atoms. The molecule has 0 radical (unpaired) electrons. The summed E-state index contributed by atoms with van der Waals surface area (Å²) in [6.45, 7) is -0.833. The van der Waals surface area contributed by atoms with Crippen LogP contribution in [-0.4, -0.2) is 60.9 Å². The van der Waals surface area contributed by atoms with Gasteiger partial charge in [-0.2, -0.15) is 17.2 Å². The first-order valence-corrected chi connectivity index (χ1v) is 13.1.